The number of ether oxygens (including phenoxy) is 1. The number of carbonyl (C=O) groups is 1. The molecule has 0 aliphatic rings. The van der Waals surface area contributed by atoms with E-state index in [9.17, 15) is 14.4 Å². The predicted octanol–water partition coefficient (Wildman–Crippen LogP) is 6.36. The van der Waals surface area contributed by atoms with Crippen LogP contribution in [0.25, 0.3) is 10.9 Å². The summed E-state index contributed by atoms with van der Waals surface area (Å²) in [7, 11) is -0.318. The molecule has 0 amide bonds. The number of nitriles is 1. The molecule has 1 heterocycles. The fourth-order valence-corrected chi connectivity index (χ4v) is 4.20. The minimum absolute atomic E-state index is 0.111. The van der Waals surface area contributed by atoms with Gasteiger partial charge in [-0.25, -0.2) is 9.18 Å². The Morgan fingerprint density at radius 3 is 2.32 bits per heavy atom. The first-order valence-electron chi connectivity index (χ1n) is 12.4. The van der Waals surface area contributed by atoms with Crippen LogP contribution in [-0.2, 0) is 4.74 Å². The van der Waals surface area contributed by atoms with Gasteiger partial charge < -0.3 is 19.9 Å². The van der Waals surface area contributed by atoms with Gasteiger partial charge in [0.15, 0.2) is 0 Å². The van der Waals surface area contributed by atoms with Crippen molar-refractivity contribution in [2.45, 2.75) is 53.4 Å². The summed E-state index contributed by atoms with van der Waals surface area (Å²) in [6.07, 6.45) is 0. The second-order valence-electron chi connectivity index (χ2n) is 9.80. The van der Waals surface area contributed by atoms with Crippen molar-refractivity contribution in [2.24, 2.45) is 0 Å². The second-order valence-corrected chi connectivity index (χ2v) is 14.5. The van der Waals surface area contributed by atoms with Crippen LogP contribution in [0.1, 0.15) is 49.2 Å². The molecule has 0 aliphatic heterocycles. The number of aromatic nitrogens is 1. The SMILES string of the molecule is CCNCC.COC(=O)c1c(N(c2ccc(C#C[Si](C)(C)C)c(F)c2)C(C)C)[nH]c2cc(C#N)ccc12. The summed E-state index contributed by atoms with van der Waals surface area (Å²) >= 11 is 0. The molecule has 0 fully saturated rings. The van der Waals surface area contributed by atoms with Crippen LogP contribution in [0.3, 0.4) is 0 Å². The fourth-order valence-electron chi connectivity index (χ4n) is 3.69. The summed E-state index contributed by atoms with van der Waals surface area (Å²) in [5.74, 6) is 2.52. The van der Waals surface area contributed by atoms with Crippen LogP contribution < -0.4 is 10.2 Å². The number of anilines is 2. The van der Waals surface area contributed by atoms with Gasteiger partial charge in [-0.05, 0) is 57.3 Å². The van der Waals surface area contributed by atoms with E-state index in [1.54, 1.807) is 30.3 Å². The van der Waals surface area contributed by atoms with Gasteiger partial charge in [-0.3, -0.25) is 0 Å². The van der Waals surface area contributed by atoms with E-state index in [1.165, 1.54) is 13.2 Å². The van der Waals surface area contributed by atoms with Crippen molar-refractivity contribution in [3.8, 4) is 17.5 Å². The number of hydrogen-bond donors (Lipinski definition) is 2. The zero-order valence-electron chi connectivity index (χ0n) is 23.0. The molecule has 8 heteroatoms. The first-order valence-corrected chi connectivity index (χ1v) is 15.9. The average molecular weight is 521 g/mol. The lowest BCUT2D eigenvalue weighted by Gasteiger charge is -2.29. The first-order chi connectivity index (χ1) is 17.5. The van der Waals surface area contributed by atoms with E-state index in [-0.39, 0.29) is 6.04 Å². The van der Waals surface area contributed by atoms with Crippen LogP contribution >= 0.6 is 0 Å². The number of hydrogen-bond acceptors (Lipinski definition) is 5. The standard InChI is InChI=1S/C25H26FN3O2Si.C4H11N/c1-16(2)29(19-9-8-18(21(26)14-19)11-12-32(4,5)6)24-23(25(30)31-3)20-10-7-17(15-27)13-22(20)28-24;1-3-5-4-2/h7-10,13-14,16,28H,1-6H3;5H,3-4H2,1-2H3. The summed E-state index contributed by atoms with van der Waals surface area (Å²) in [6.45, 7) is 16.6. The molecule has 0 aliphatic carbocycles. The molecular weight excluding hydrogens is 483 g/mol. The molecule has 0 saturated heterocycles. The Labute approximate surface area is 220 Å². The van der Waals surface area contributed by atoms with E-state index in [4.69, 9.17) is 4.74 Å². The van der Waals surface area contributed by atoms with Gasteiger partial charge >= 0.3 is 5.97 Å². The second kappa shape index (κ2) is 13.1. The largest absolute Gasteiger partial charge is 0.465 e. The molecular formula is C29H37FN4O2Si. The van der Waals surface area contributed by atoms with Crippen molar-refractivity contribution in [1.29, 1.82) is 5.26 Å². The Hall–Kier alpha value is -3.59. The summed E-state index contributed by atoms with van der Waals surface area (Å²) in [4.78, 5) is 17.8. The molecule has 196 valence electrons. The van der Waals surface area contributed by atoms with Crippen molar-refractivity contribution < 1.29 is 13.9 Å². The van der Waals surface area contributed by atoms with Crippen molar-refractivity contribution in [3.63, 3.8) is 0 Å². The number of rotatable bonds is 6. The van der Waals surface area contributed by atoms with E-state index in [2.05, 4.69) is 61.3 Å². The van der Waals surface area contributed by atoms with E-state index in [0.717, 1.165) is 13.1 Å². The Balaban J connectivity index is 0.000000877. The average Bonchev–Trinajstić information content (AvgIpc) is 3.21. The number of halogens is 1. The Bertz CT molecular complexity index is 1340. The third-order valence-corrected chi connectivity index (χ3v) is 6.23. The molecule has 37 heavy (non-hydrogen) atoms. The molecule has 0 bridgehead atoms. The highest BCUT2D eigenvalue weighted by Gasteiger charge is 2.26. The van der Waals surface area contributed by atoms with Crippen molar-refractivity contribution in [3.05, 3.63) is 58.9 Å². The molecule has 0 spiro atoms. The number of esters is 1. The lowest BCUT2D eigenvalue weighted by Crippen LogP contribution is -2.27. The molecule has 0 radical (unpaired) electrons. The van der Waals surface area contributed by atoms with Crippen molar-refractivity contribution in [2.75, 3.05) is 25.1 Å². The summed E-state index contributed by atoms with van der Waals surface area (Å²) in [6, 6.07) is 11.9. The maximum atomic E-state index is 14.9. The third kappa shape index (κ3) is 7.69. The first kappa shape index (κ1) is 29.6. The Morgan fingerprint density at radius 1 is 1.16 bits per heavy atom. The maximum absolute atomic E-state index is 14.9. The number of methoxy groups -OCH3 is 1. The van der Waals surface area contributed by atoms with Crippen LogP contribution in [-0.4, -0.2) is 45.3 Å². The van der Waals surface area contributed by atoms with E-state index in [0.29, 0.717) is 39.1 Å². The van der Waals surface area contributed by atoms with Gasteiger partial charge in [0.05, 0.1) is 24.3 Å². The molecule has 2 aromatic carbocycles. The highest BCUT2D eigenvalue weighted by molar-refractivity contribution is 6.83. The smallest absolute Gasteiger partial charge is 0.342 e. The molecule has 2 N–H and O–H groups in total. The lowest BCUT2D eigenvalue weighted by molar-refractivity contribution is 0.0604. The third-order valence-electron chi connectivity index (χ3n) is 5.36. The number of fused-ring (bicyclic) bond motifs is 1. The molecule has 0 atom stereocenters. The van der Waals surface area contributed by atoms with Gasteiger partial charge in [0.1, 0.15) is 25.3 Å². The van der Waals surface area contributed by atoms with Crippen LogP contribution in [0.2, 0.25) is 19.6 Å². The van der Waals surface area contributed by atoms with Crippen LogP contribution in [0.15, 0.2) is 36.4 Å². The summed E-state index contributed by atoms with van der Waals surface area (Å²) in [5, 5.41) is 13.0. The number of carbonyl (C=O) groups excluding carboxylic acids is 1. The number of benzene rings is 2. The van der Waals surface area contributed by atoms with Crippen LogP contribution in [0.4, 0.5) is 15.9 Å². The van der Waals surface area contributed by atoms with Gasteiger partial charge in [0.2, 0.25) is 0 Å². The zero-order valence-corrected chi connectivity index (χ0v) is 24.0. The number of aromatic amines is 1. The summed E-state index contributed by atoms with van der Waals surface area (Å²) in [5.41, 5.74) is 5.54. The predicted molar refractivity (Wildman–Crippen MR) is 152 cm³/mol. The monoisotopic (exact) mass is 520 g/mol. The minimum atomic E-state index is -1.64. The molecule has 0 saturated carbocycles. The van der Waals surface area contributed by atoms with Gasteiger partial charge in [-0.2, -0.15) is 5.26 Å². The van der Waals surface area contributed by atoms with Gasteiger partial charge in [-0.1, -0.05) is 45.5 Å². The number of nitrogens with zero attached hydrogens (tertiary/aromatic N) is 2. The van der Waals surface area contributed by atoms with Crippen molar-refractivity contribution in [1.82, 2.24) is 10.3 Å². The lowest BCUT2D eigenvalue weighted by atomic mass is 10.1. The molecule has 3 rings (SSSR count). The molecule has 1 aromatic heterocycles. The van der Waals surface area contributed by atoms with E-state index in [1.807, 2.05) is 18.7 Å². The van der Waals surface area contributed by atoms with Gasteiger partial charge in [-0.15, -0.1) is 5.54 Å². The highest BCUT2D eigenvalue weighted by atomic mass is 28.3. The molecule has 3 aromatic rings. The highest BCUT2D eigenvalue weighted by Crippen LogP contribution is 2.36. The van der Waals surface area contributed by atoms with Gasteiger partial charge in [0.25, 0.3) is 0 Å². The summed E-state index contributed by atoms with van der Waals surface area (Å²) < 4.78 is 20.0. The quantitative estimate of drug-likeness (QED) is 0.225. The molecule has 6 nitrogen and oxygen atoms in total. The zero-order chi connectivity index (χ0) is 27.8. The van der Waals surface area contributed by atoms with Crippen LogP contribution in [0.5, 0.6) is 0 Å². The van der Waals surface area contributed by atoms with E-state index >= 15 is 0 Å². The number of nitrogens with one attached hydrogen (secondary N) is 2. The topological polar surface area (TPSA) is 81.2 Å². The Kier molecular flexibility index (Phi) is 10.5. The number of H-pyrrole nitrogens is 1. The van der Waals surface area contributed by atoms with Crippen LogP contribution in [0, 0.1) is 28.6 Å². The van der Waals surface area contributed by atoms with Gasteiger partial charge in [0, 0.05) is 22.6 Å². The van der Waals surface area contributed by atoms with Crippen molar-refractivity contribution >= 4 is 36.5 Å². The Morgan fingerprint density at radius 2 is 1.84 bits per heavy atom. The molecule has 0 unspecified atom stereocenters. The maximum Gasteiger partial charge on any atom is 0.342 e. The van der Waals surface area contributed by atoms with E-state index < -0.39 is 19.9 Å². The minimum Gasteiger partial charge on any atom is -0.465 e. The normalized spacial score (nSPS) is 10.7. The fraction of sp³-hybridized carbons (Fsp3) is 0.379.